The summed E-state index contributed by atoms with van der Waals surface area (Å²) < 4.78 is 0.758. The average molecular weight is 340 g/mol. The van der Waals surface area contributed by atoms with Crippen molar-refractivity contribution in [2.45, 2.75) is 13.8 Å². The van der Waals surface area contributed by atoms with E-state index in [4.69, 9.17) is 11.6 Å². The second kappa shape index (κ2) is 5.72. The minimum Gasteiger partial charge on any atom is -0.319 e. The van der Waals surface area contributed by atoms with Crippen LogP contribution in [-0.4, -0.2) is 10.9 Å². The molecule has 0 aliphatic rings. The van der Waals surface area contributed by atoms with E-state index in [0.717, 1.165) is 15.6 Å². The molecule has 1 N–H and O–H groups in total. The van der Waals surface area contributed by atoms with Gasteiger partial charge in [-0.1, -0.05) is 23.7 Å². The number of carbonyl (C=O) groups is 1. The second-order valence-electron chi connectivity index (χ2n) is 4.19. The van der Waals surface area contributed by atoms with Crippen molar-refractivity contribution in [3.05, 3.63) is 56.8 Å². The van der Waals surface area contributed by atoms with Gasteiger partial charge in [-0.25, -0.2) is 4.98 Å². The van der Waals surface area contributed by atoms with Crippen LogP contribution in [-0.2, 0) is 0 Å². The minimum atomic E-state index is -0.192. The number of nitrogens with zero attached hydrogens (tertiary/aromatic N) is 1. The van der Waals surface area contributed by atoms with Crippen LogP contribution in [0.4, 0.5) is 5.69 Å². The molecule has 98 valence electrons. The van der Waals surface area contributed by atoms with Crippen LogP contribution in [0.25, 0.3) is 0 Å². The minimum absolute atomic E-state index is 0.192. The van der Waals surface area contributed by atoms with Crippen molar-refractivity contribution < 1.29 is 4.79 Å². The summed E-state index contributed by atoms with van der Waals surface area (Å²) in [6.07, 6.45) is 1.58. The highest BCUT2D eigenvalue weighted by Gasteiger charge is 2.12. The van der Waals surface area contributed by atoms with E-state index in [1.165, 1.54) is 0 Å². The summed E-state index contributed by atoms with van der Waals surface area (Å²) >= 11 is 9.25. The van der Waals surface area contributed by atoms with Gasteiger partial charge in [0.25, 0.3) is 5.91 Å². The van der Waals surface area contributed by atoms with Gasteiger partial charge in [-0.15, -0.1) is 0 Å². The lowest BCUT2D eigenvalue weighted by molar-refractivity contribution is 0.102. The monoisotopic (exact) mass is 338 g/mol. The Labute approximate surface area is 125 Å². The molecule has 0 aliphatic heterocycles. The van der Waals surface area contributed by atoms with Crippen molar-refractivity contribution in [3.8, 4) is 0 Å². The molecular formula is C14H12BrClN2O. The normalized spacial score (nSPS) is 10.3. The molecule has 1 heterocycles. The maximum Gasteiger partial charge on any atom is 0.256 e. The summed E-state index contributed by atoms with van der Waals surface area (Å²) in [4.78, 5) is 16.2. The SMILES string of the molecule is Cc1cccc(C(=O)Nc2cc(Br)cnc2Cl)c1C. The van der Waals surface area contributed by atoms with Crippen molar-refractivity contribution in [2.24, 2.45) is 0 Å². The average Bonchev–Trinajstić information content (AvgIpc) is 2.37. The van der Waals surface area contributed by atoms with Crippen molar-refractivity contribution in [1.82, 2.24) is 4.98 Å². The van der Waals surface area contributed by atoms with Gasteiger partial charge < -0.3 is 5.32 Å². The third-order valence-electron chi connectivity index (χ3n) is 2.90. The smallest absolute Gasteiger partial charge is 0.256 e. The van der Waals surface area contributed by atoms with E-state index in [1.54, 1.807) is 18.3 Å². The molecule has 0 saturated carbocycles. The van der Waals surface area contributed by atoms with Crippen LogP contribution in [0.1, 0.15) is 21.5 Å². The zero-order valence-corrected chi connectivity index (χ0v) is 12.8. The van der Waals surface area contributed by atoms with Crippen LogP contribution in [0.5, 0.6) is 0 Å². The molecule has 0 spiro atoms. The summed E-state index contributed by atoms with van der Waals surface area (Å²) in [5.74, 6) is -0.192. The second-order valence-corrected chi connectivity index (χ2v) is 5.47. The number of rotatable bonds is 2. The molecule has 0 saturated heterocycles. The molecule has 2 rings (SSSR count). The van der Waals surface area contributed by atoms with Crippen LogP contribution < -0.4 is 5.32 Å². The van der Waals surface area contributed by atoms with Crippen molar-refractivity contribution in [2.75, 3.05) is 5.32 Å². The molecule has 19 heavy (non-hydrogen) atoms. The van der Waals surface area contributed by atoms with Crippen molar-refractivity contribution in [3.63, 3.8) is 0 Å². The number of carbonyl (C=O) groups excluding carboxylic acids is 1. The van der Waals surface area contributed by atoms with Gasteiger partial charge in [-0.3, -0.25) is 4.79 Å². The van der Waals surface area contributed by atoms with Gasteiger partial charge in [0.1, 0.15) is 0 Å². The summed E-state index contributed by atoms with van der Waals surface area (Å²) in [5.41, 5.74) is 3.16. The first-order valence-electron chi connectivity index (χ1n) is 5.67. The molecule has 1 amide bonds. The Kier molecular flexibility index (Phi) is 4.22. The largest absolute Gasteiger partial charge is 0.319 e. The van der Waals surface area contributed by atoms with Gasteiger partial charge in [0.2, 0.25) is 0 Å². The Bertz CT molecular complexity index is 643. The third-order valence-corrected chi connectivity index (χ3v) is 3.64. The molecule has 0 aliphatic carbocycles. The Balaban J connectivity index is 2.31. The number of halogens is 2. The van der Waals surface area contributed by atoms with E-state index < -0.39 is 0 Å². The molecule has 0 radical (unpaired) electrons. The molecule has 1 aromatic carbocycles. The van der Waals surface area contributed by atoms with Crippen LogP contribution in [0.15, 0.2) is 34.9 Å². The van der Waals surface area contributed by atoms with Crippen LogP contribution >= 0.6 is 27.5 Å². The quantitative estimate of drug-likeness (QED) is 0.826. The van der Waals surface area contributed by atoms with Gasteiger partial charge in [0.05, 0.1) is 5.69 Å². The van der Waals surface area contributed by atoms with E-state index in [0.29, 0.717) is 11.3 Å². The number of amides is 1. The number of aryl methyl sites for hydroxylation is 1. The predicted octanol–water partition coefficient (Wildman–Crippen LogP) is 4.37. The molecule has 0 atom stereocenters. The van der Waals surface area contributed by atoms with Gasteiger partial charge in [-0.2, -0.15) is 0 Å². The molecule has 5 heteroatoms. The molecule has 0 fully saturated rings. The van der Waals surface area contributed by atoms with Gasteiger partial charge in [0.15, 0.2) is 5.15 Å². The van der Waals surface area contributed by atoms with Gasteiger partial charge in [-0.05, 0) is 53.0 Å². The molecule has 0 unspecified atom stereocenters. The lowest BCUT2D eigenvalue weighted by Crippen LogP contribution is -2.14. The Hall–Kier alpha value is -1.39. The van der Waals surface area contributed by atoms with Crippen molar-refractivity contribution in [1.29, 1.82) is 0 Å². The predicted molar refractivity (Wildman–Crippen MR) is 80.8 cm³/mol. The topological polar surface area (TPSA) is 42.0 Å². The number of pyridine rings is 1. The fourth-order valence-corrected chi connectivity index (χ4v) is 2.18. The maximum absolute atomic E-state index is 12.2. The molecular weight excluding hydrogens is 328 g/mol. The first kappa shape index (κ1) is 14.0. The van der Waals surface area contributed by atoms with Crippen LogP contribution in [0.3, 0.4) is 0 Å². The van der Waals surface area contributed by atoms with E-state index in [1.807, 2.05) is 26.0 Å². The summed E-state index contributed by atoms with van der Waals surface area (Å²) in [5, 5.41) is 3.04. The molecule has 3 nitrogen and oxygen atoms in total. The van der Waals surface area contributed by atoms with Gasteiger partial charge in [0, 0.05) is 16.2 Å². The Morgan fingerprint density at radius 1 is 1.37 bits per heavy atom. The maximum atomic E-state index is 12.2. The zero-order valence-electron chi connectivity index (χ0n) is 10.5. The fourth-order valence-electron chi connectivity index (χ4n) is 1.70. The standard InChI is InChI=1S/C14H12BrClN2O/c1-8-4-3-5-11(9(8)2)14(19)18-12-6-10(15)7-17-13(12)16/h3-7H,1-2H3,(H,18,19). The third kappa shape index (κ3) is 3.14. The highest BCUT2D eigenvalue weighted by molar-refractivity contribution is 9.10. The van der Waals surface area contributed by atoms with Gasteiger partial charge >= 0.3 is 0 Å². The lowest BCUT2D eigenvalue weighted by atomic mass is 10.0. The number of aromatic nitrogens is 1. The zero-order chi connectivity index (χ0) is 14.0. The summed E-state index contributed by atoms with van der Waals surface area (Å²) in [6, 6.07) is 7.34. The number of hydrogen-bond acceptors (Lipinski definition) is 2. The summed E-state index contributed by atoms with van der Waals surface area (Å²) in [6.45, 7) is 3.89. The van der Waals surface area contributed by atoms with Crippen LogP contribution in [0, 0.1) is 13.8 Å². The first-order chi connectivity index (χ1) is 8.99. The van der Waals surface area contributed by atoms with Crippen molar-refractivity contribution >= 4 is 39.1 Å². The Morgan fingerprint density at radius 2 is 2.11 bits per heavy atom. The number of anilines is 1. The lowest BCUT2D eigenvalue weighted by Gasteiger charge is -2.10. The van der Waals surface area contributed by atoms with E-state index in [-0.39, 0.29) is 11.1 Å². The number of hydrogen-bond donors (Lipinski definition) is 1. The molecule has 1 aromatic heterocycles. The highest BCUT2D eigenvalue weighted by atomic mass is 79.9. The highest BCUT2D eigenvalue weighted by Crippen LogP contribution is 2.24. The van der Waals surface area contributed by atoms with E-state index >= 15 is 0 Å². The van der Waals surface area contributed by atoms with Crippen LogP contribution in [0.2, 0.25) is 5.15 Å². The Morgan fingerprint density at radius 3 is 2.84 bits per heavy atom. The molecule has 0 bridgehead atoms. The molecule has 2 aromatic rings. The fraction of sp³-hybridized carbons (Fsp3) is 0.143. The van der Waals surface area contributed by atoms with E-state index in [2.05, 4.69) is 26.2 Å². The van der Waals surface area contributed by atoms with E-state index in [9.17, 15) is 4.79 Å². The number of benzene rings is 1. The first-order valence-corrected chi connectivity index (χ1v) is 6.84. The summed E-state index contributed by atoms with van der Waals surface area (Å²) in [7, 11) is 0. The number of nitrogens with one attached hydrogen (secondary N) is 1.